The Hall–Kier alpha value is -0.850. The summed E-state index contributed by atoms with van der Waals surface area (Å²) < 4.78 is 6.43. The van der Waals surface area contributed by atoms with Gasteiger partial charge in [0.05, 0.1) is 11.9 Å². The lowest BCUT2D eigenvalue weighted by Gasteiger charge is -2.61. The van der Waals surface area contributed by atoms with Crippen molar-refractivity contribution in [3.8, 4) is 0 Å². The van der Waals surface area contributed by atoms with Crippen LogP contribution in [0, 0.1) is 34.0 Å². The Morgan fingerprint density at radius 2 is 1.92 bits per heavy atom. The van der Waals surface area contributed by atoms with E-state index in [-0.39, 0.29) is 29.1 Å². The molecule has 10 atom stereocenters. The number of ketones is 1. The molecule has 3 unspecified atom stereocenters. The highest BCUT2D eigenvalue weighted by Gasteiger charge is 2.68. The summed E-state index contributed by atoms with van der Waals surface area (Å²) in [4.78, 5) is 27.0. The van der Waals surface area contributed by atoms with Gasteiger partial charge in [-0.15, -0.1) is 18.3 Å². The topological polar surface area (TPSA) is 75.6 Å². The number of carbonyl (C=O) groups excluding carboxylic acids is 2. The van der Waals surface area contributed by atoms with Crippen molar-refractivity contribution in [2.24, 2.45) is 34.0 Å². The Balaban J connectivity index is 1.35. The van der Waals surface area contributed by atoms with Crippen molar-refractivity contribution in [2.45, 2.75) is 128 Å². The van der Waals surface area contributed by atoms with E-state index in [9.17, 15) is 14.7 Å². The maximum atomic E-state index is 13.5. The Morgan fingerprint density at radius 3 is 2.62 bits per heavy atom. The highest BCUT2D eigenvalue weighted by Crippen LogP contribution is 2.68. The molecule has 0 aromatic heterocycles. The number of carbonyl (C=O) groups is 2. The lowest BCUT2D eigenvalue weighted by Crippen LogP contribution is -2.63. The molecule has 0 radical (unpaired) electrons. The Labute approximate surface area is 228 Å². The van der Waals surface area contributed by atoms with E-state index in [1.165, 1.54) is 25.7 Å². The first kappa shape index (κ1) is 27.7. The first-order chi connectivity index (χ1) is 17.5. The number of hydrogen-bond acceptors (Lipinski definition) is 6. The number of nitrogens with one attached hydrogen (secondary N) is 1. The zero-order valence-electron chi connectivity index (χ0n) is 23.5. The van der Waals surface area contributed by atoms with Crippen LogP contribution in [0.25, 0.3) is 0 Å². The number of thioether (sulfide) groups is 1. The number of aliphatic hydroxyl groups is 1. The molecule has 208 valence electrons. The van der Waals surface area contributed by atoms with E-state index >= 15 is 0 Å². The SMILES string of the molecule is C=C[C@]1(C)C[C@@H](OC(=O)CSC2CCCC(NC3CC3)C2)[C@]2(C)[C@H](C)CCC3(CCC(=O)[C@H]32)[C@@H](C)[C@@H]1O. The number of aliphatic hydroxyl groups excluding tert-OH is 1. The predicted octanol–water partition coefficient (Wildman–Crippen LogP) is 5.69. The highest BCUT2D eigenvalue weighted by atomic mass is 32.2. The van der Waals surface area contributed by atoms with E-state index < -0.39 is 23.0 Å². The molecule has 0 aromatic carbocycles. The van der Waals surface area contributed by atoms with E-state index in [4.69, 9.17) is 4.74 Å². The second kappa shape index (κ2) is 10.3. The fourth-order valence-corrected chi connectivity index (χ4v) is 10.1. The quantitative estimate of drug-likeness (QED) is 0.325. The summed E-state index contributed by atoms with van der Waals surface area (Å²) in [6, 6.07) is 1.31. The number of hydrogen-bond donors (Lipinski definition) is 2. The van der Waals surface area contributed by atoms with Crippen LogP contribution in [0.3, 0.4) is 0 Å². The second-order valence-corrected chi connectivity index (χ2v) is 15.1. The minimum absolute atomic E-state index is 0.00511. The molecule has 5 rings (SSSR count). The molecule has 6 heteroatoms. The monoisotopic (exact) mass is 531 g/mol. The van der Waals surface area contributed by atoms with Crippen LogP contribution >= 0.6 is 11.8 Å². The molecule has 0 amide bonds. The zero-order valence-corrected chi connectivity index (χ0v) is 24.3. The Morgan fingerprint density at radius 1 is 1.16 bits per heavy atom. The third-order valence-electron chi connectivity index (χ3n) is 11.7. The van der Waals surface area contributed by atoms with Crippen LogP contribution in [0.4, 0.5) is 0 Å². The number of rotatable bonds is 7. The number of esters is 1. The molecule has 2 bridgehead atoms. The van der Waals surface area contributed by atoms with E-state index in [2.05, 4.69) is 39.6 Å². The van der Waals surface area contributed by atoms with Crippen LogP contribution in [0.1, 0.15) is 98.3 Å². The number of Topliss-reactive ketones (excluding diaryl/α,β-unsaturated/α-hetero) is 1. The summed E-state index contributed by atoms with van der Waals surface area (Å²) >= 11 is 1.75. The largest absolute Gasteiger partial charge is 0.461 e. The standard InChI is InChI=1S/C31H49NO4S/c1-6-29(4)17-25(36-26(34)18-37-23-9-7-8-22(16-23)32-21-10-11-21)30(5)19(2)12-14-31(20(3)28(29)35)15-13-24(33)27(30)31/h6,19-23,25,27-28,32,35H,1,7-18H2,2-5H3/t19-,20+,22?,23?,25-,27+,28+,29-,30+,31?/m1/s1. The van der Waals surface area contributed by atoms with Crippen molar-refractivity contribution in [3.63, 3.8) is 0 Å². The second-order valence-electron chi connectivity index (χ2n) is 13.8. The first-order valence-corrected chi connectivity index (χ1v) is 16.0. The lowest BCUT2D eigenvalue weighted by atomic mass is 9.44. The molecule has 5 aliphatic rings. The normalized spacial score (nSPS) is 48.0. The Kier molecular flexibility index (Phi) is 7.70. The molecular formula is C31H49NO4S. The fourth-order valence-electron chi connectivity index (χ4n) is 8.91. The lowest BCUT2D eigenvalue weighted by molar-refractivity contribution is -0.205. The molecule has 0 aromatic rings. The van der Waals surface area contributed by atoms with Gasteiger partial charge in [-0.05, 0) is 75.0 Å². The average molecular weight is 532 g/mol. The van der Waals surface area contributed by atoms with E-state index in [0.29, 0.717) is 35.7 Å². The minimum atomic E-state index is -0.620. The van der Waals surface area contributed by atoms with Crippen LogP contribution < -0.4 is 5.32 Å². The molecule has 0 heterocycles. The number of ether oxygens (including phenoxy) is 1. The highest BCUT2D eigenvalue weighted by molar-refractivity contribution is 8.00. The third kappa shape index (κ3) is 4.86. The zero-order chi connectivity index (χ0) is 26.6. The molecule has 0 saturated heterocycles. The predicted molar refractivity (Wildman–Crippen MR) is 149 cm³/mol. The summed E-state index contributed by atoms with van der Waals surface area (Å²) in [5.74, 6) is 0.589. The van der Waals surface area contributed by atoms with Crippen LogP contribution in [0.15, 0.2) is 12.7 Å². The molecule has 5 saturated carbocycles. The summed E-state index contributed by atoms with van der Waals surface area (Å²) in [6.45, 7) is 12.8. The third-order valence-corrected chi connectivity index (χ3v) is 13.0. The average Bonchev–Trinajstić information content (AvgIpc) is 3.63. The van der Waals surface area contributed by atoms with E-state index in [0.717, 1.165) is 38.1 Å². The summed E-state index contributed by atoms with van der Waals surface area (Å²) in [5, 5.41) is 15.9. The van der Waals surface area contributed by atoms with Crippen LogP contribution in [-0.4, -0.2) is 52.2 Å². The molecule has 5 aliphatic carbocycles. The summed E-state index contributed by atoms with van der Waals surface area (Å²) in [6.07, 6.45) is 12.1. The molecule has 5 fully saturated rings. The van der Waals surface area contributed by atoms with E-state index in [1.807, 2.05) is 6.08 Å². The van der Waals surface area contributed by atoms with Crippen LogP contribution in [0.2, 0.25) is 0 Å². The van der Waals surface area contributed by atoms with Gasteiger partial charge in [-0.1, -0.05) is 40.2 Å². The van der Waals surface area contributed by atoms with Crippen molar-refractivity contribution in [1.82, 2.24) is 5.32 Å². The van der Waals surface area contributed by atoms with Crippen molar-refractivity contribution in [2.75, 3.05) is 5.75 Å². The summed E-state index contributed by atoms with van der Waals surface area (Å²) in [5.41, 5.74) is -1.24. The summed E-state index contributed by atoms with van der Waals surface area (Å²) in [7, 11) is 0. The van der Waals surface area contributed by atoms with Gasteiger partial charge in [0.1, 0.15) is 11.9 Å². The van der Waals surface area contributed by atoms with Gasteiger partial charge in [0.15, 0.2) is 0 Å². The minimum Gasteiger partial charge on any atom is -0.461 e. The van der Waals surface area contributed by atoms with Crippen molar-refractivity contribution < 1.29 is 19.4 Å². The van der Waals surface area contributed by atoms with Gasteiger partial charge >= 0.3 is 5.97 Å². The van der Waals surface area contributed by atoms with Crippen LogP contribution in [0.5, 0.6) is 0 Å². The molecule has 0 aliphatic heterocycles. The maximum absolute atomic E-state index is 13.5. The smallest absolute Gasteiger partial charge is 0.316 e. The molecule has 2 N–H and O–H groups in total. The van der Waals surface area contributed by atoms with Gasteiger partial charge in [-0.2, -0.15) is 0 Å². The maximum Gasteiger partial charge on any atom is 0.316 e. The van der Waals surface area contributed by atoms with Gasteiger partial charge in [-0.25, -0.2) is 0 Å². The molecular weight excluding hydrogens is 482 g/mol. The van der Waals surface area contributed by atoms with E-state index in [1.54, 1.807) is 11.8 Å². The molecule has 0 spiro atoms. The van der Waals surface area contributed by atoms with Crippen molar-refractivity contribution in [3.05, 3.63) is 12.7 Å². The molecule has 5 nitrogen and oxygen atoms in total. The van der Waals surface area contributed by atoms with Gasteiger partial charge in [0, 0.05) is 40.5 Å². The van der Waals surface area contributed by atoms with Gasteiger partial charge in [0.2, 0.25) is 0 Å². The fraction of sp³-hybridized carbons (Fsp3) is 0.871. The first-order valence-electron chi connectivity index (χ1n) is 14.9. The van der Waals surface area contributed by atoms with Crippen LogP contribution in [-0.2, 0) is 14.3 Å². The van der Waals surface area contributed by atoms with Gasteiger partial charge in [0.25, 0.3) is 0 Å². The molecule has 37 heavy (non-hydrogen) atoms. The van der Waals surface area contributed by atoms with Crippen molar-refractivity contribution in [1.29, 1.82) is 0 Å². The van der Waals surface area contributed by atoms with Crippen molar-refractivity contribution >= 4 is 23.5 Å². The van der Waals surface area contributed by atoms with Gasteiger partial charge < -0.3 is 15.2 Å². The Bertz CT molecular complexity index is 906. The van der Waals surface area contributed by atoms with Gasteiger partial charge in [-0.3, -0.25) is 9.59 Å².